The summed E-state index contributed by atoms with van der Waals surface area (Å²) in [6.07, 6.45) is 0.766. The Morgan fingerprint density at radius 3 is 2.44 bits per heavy atom. The number of esters is 1. The first kappa shape index (κ1) is 18.9. The van der Waals surface area contributed by atoms with E-state index in [4.69, 9.17) is 4.74 Å². The van der Waals surface area contributed by atoms with Gasteiger partial charge in [-0.3, -0.25) is 19.5 Å². The number of amides is 2. The van der Waals surface area contributed by atoms with E-state index in [0.717, 1.165) is 4.90 Å². The van der Waals surface area contributed by atoms with Crippen molar-refractivity contribution in [3.63, 3.8) is 0 Å². The third-order valence-corrected chi connectivity index (χ3v) is 5.00. The third-order valence-electron chi connectivity index (χ3n) is 4.04. The number of thioether (sulfide) groups is 1. The first-order chi connectivity index (χ1) is 13.0. The van der Waals surface area contributed by atoms with Crippen LogP contribution in [0.25, 0.3) is 0 Å². The van der Waals surface area contributed by atoms with Crippen molar-refractivity contribution in [1.29, 1.82) is 0 Å². The molecule has 2 amide bonds. The van der Waals surface area contributed by atoms with Gasteiger partial charge in [-0.1, -0.05) is 23.9 Å². The van der Waals surface area contributed by atoms with Crippen molar-refractivity contribution in [2.24, 2.45) is 0 Å². The normalized spacial score (nSPS) is 14.3. The van der Waals surface area contributed by atoms with Gasteiger partial charge >= 0.3 is 11.7 Å². The zero-order chi connectivity index (χ0) is 19.4. The number of imide groups is 1. The topological polar surface area (TPSA) is 125 Å². The van der Waals surface area contributed by atoms with Crippen molar-refractivity contribution in [2.45, 2.75) is 31.0 Å². The van der Waals surface area contributed by atoms with Crippen molar-refractivity contribution in [2.75, 3.05) is 12.4 Å². The van der Waals surface area contributed by atoms with Crippen LogP contribution in [0.2, 0.25) is 0 Å². The minimum absolute atomic E-state index is 0.155. The summed E-state index contributed by atoms with van der Waals surface area (Å²) in [6.45, 7) is 1.82. The molecule has 1 aliphatic heterocycles. The predicted octanol–water partition coefficient (Wildman–Crippen LogP) is 1.20. The Morgan fingerprint density at radius 2 is 1.89 bits per heavy atom. The van der Waals surface area contributed by atoms with Crippen LogP contribution in [0.15, 0.2) is 34.2 Å². The van der Waals surface area contributed by atoms with Gasteiger partial charge in [-0.2, -0.15) is 0 Å². The minimum Gasteiger partial charge on any atom is -0.464 e. The number of hydrogen-bond donors (Lipinski definition) is 2. The highest BCUT2D eigenvalue weighted by molar-refractivity contribution is 7.99. The fourth-order valence-corrected chi connectivity index (χ4v) is 3.63. The second kappa shape index (κ2) is 8.21. The molecule has 0 saturated carbocycles. The van der Waals surface area contributed by atoms with Gasteiger partial charge in [0.1, 0.15) is 6.04 Å². The molecule has 1 atom stereocenters. The first-order valence-corrected chi connectivity index (χ1v) is 9.42. The molecule has 0 unspecified atom stereocenters. The Kier molecular flexibility index (Phi) is 5.75. The van der Waals surface area contributed by atoms with Crippen LogP contribution < -0.4 is 5.69 Å². The largest absolute Gasteiger partial charge is 0.464 e. The predicted molar refractivity (Wildman–Crippen MR) is 96.5 cm³/mol. The van der Waals surface area contributed by atoms with E-state index in [2.05, 4.69) is 15.2 Å². The monoisotopic (exact) mass is 390 g/mol. The van der Waals surface area contributed by atoms with E-state index in [0.29, 0.717) is 28.5 Å². The van der Waals surface area contributed by atoms with Crippen molar-refractivity contribution < 1.29 is 19.1 Å². The first-order valence-electron chi connectivity index (χ1n) is 8.44. The van der Waals surface area contributed by atoms with E-state index in [9.17, 15) is 19.2 Å². The van der Waals surface area contributed by atoms with Gasteiger partial charge < -0.3 is 4.74 Å². The van der Waals surface area contributed by atoms with Crippen LogP contribution in [-0.4, -0.2) is 56.3 Å². The average molecular weight is 390 g/mol. The van der Waals surface area contributed by atoms with Crippen LogP contribution in [0, 0.1) is 0 Å². The van der Waals surface area contributed by atoms with Gasteiger partial charge in [-0.25, -0.2) is 14.7 Å². The van der Waals surface area contributed by atoms with Gasteiger partial charge in [0.05, 0.1) is 17.7 Å². The summed E-state index contributed by atoms with van der Waals surface area (Å²) in [7, 11) is 0. The number of aromatic amines is 2. The molecule has 2 N–H and O–H groups in total. The molecule has 2 heterocycles. The molecular weight excluding hydrogens is 372 g/mol. The number of benzene rings is 1. The van der Waals surface area contributed by atoms with E-state index in [1.54, 1.807) is 31.2 Å². The van der Waals surface area contributed by atoms with Gasteiger partial charge in [-0.05, 0) is 31.9 Å². The summed E-state index contributed by atoms with van der Waals surface area (Å²) in [6, 6.07) is 5.50. The molecule has 142 valence electrons. The van der Waals surface area contributed by atoms with Crippen molar-refractivity contribution in [3.05, 3.63) is 45.9 Å². The van der Waals surface area contributed by atoms with Crippen molar-refractivity contribution in [3.8, 4) is 0 Å². The van der Waals surface area contributed by atoms with E-state index in [1.165, 1.54) is 11.8 Å². The van der Waals surface area contributed by atoms with Gasteiger partial charge in [0, 0.05) is 5.75 Å². The summed E-state index contributed by atoms with van der Waals surface area (Å²) in [5, 5.41) is 6.49. The maximum atomic E-state index is 12.7. The van der Waals surface area contributed by atoms with Gasteiger partial charge in [0.25, 0.3) is 11.8 Å². The molecule has 1 aromatic heterocycles. The zero-order valence-corrected chi connectivity index (χ0v) is 15.4. The summed E-state index contributed by atoms with van der Waals surface area (Å²) in [5.41, 5.74) is 0.188. The molecule has 9 nitrogen and oxygen atoms in total. The number of carbonyl (C=O) groups is 3. The maximum absolute atomic E-state index is 12.7. The summed E-state index contributed by atoms with van der Waals surface area (Å²) in [5.74, 6) is -1.04. The van der Waals surface area contributed by atoms with Crippen LogP contribution in [-0.2, 0) is 9.53 Å². The fourth-order valence-electron chi connectivity index (χ4n) is 2.85. The molecule has 10 heteroatoms. The van der Waals surface area contributed by atoms with Gasteiger partial charge in [-0.15, -0.1) is 5.10 Å². The lowest BCUT2D eigenvalue weighted by molar-refractivity contribution is -0.148. The molecule has 1 aliphatic rings. The number of aromatic nitrogens is 3. The highest BCUT2D eigenvalue weighted by Gasteiger charge is 2.42. The number of fused-ring (bicyclic) bond motifs is 1. The third kappa shape index (κ3) is 3.95. The lowest BCUT2D eigenvalue weighted by Crippen LogP contribution is -2.45. The summed E-state index contributed by atoms with van der Waals surface area (Å²) >= 11 is 1.30. The highest BCUT2D eigenvalue weighted by atomic mass is 32.2. The Bertz CT molecular complexity index is 887. The van der Waals surface area contributed by atoms with Crippen LogP contribution in [0.4, 0.5) is 0 Å². The molecule has 0 aliphatic carbocycles. The number of ether oxygens (including phenoxy) is 1. The number of rotatable bonds is 8. The molecule has 2 aromatic rings. The van der Waals surface area contributed by atoms with E-state index in [1.807, 2.05) is 0 Å². The van der Waals surface area contributed by atoms with Crippen molar-refractivity contribution >= 4 is 29.5 Å². The molecule has 0 saturated heterocycles. The average Bonchev–Trinajstić information content (AvgIpc) is 3.18. The quantitative estimate of drug-likeness (QED) is 0.300. The second-order valence-electron chi connectivity index (χ2n) is 5.77. The Hall–Kier alpha value is -2.88. The molecule has 0 fully saturated rings. The number of carbonyl (C=O) groups excluding carboxylic acids is 3. The Morgan fingerprint density at radius 1 is 1.22 bits per heavy atom. The minimum atomic E-state index is -0.990. The fraction of sp³-hybridized carbons (Fsp3) is 0.353. The molecule has 1 aromatic carbocycles. The van der Waals surface area contributed by atoms with Crippen LogP contribution in [0.5, 0.6) is 0 Å². The van der Waals surface area contributed by atoms with E-state index < -0.39 is 29.5 Å². The smallest absolute Gasteiger partial charge is 0.341 e. The van der Waals surface area contributed by atoms with E-state index in [-0.39, 0.29) is 13.0 Å². The second-order valence-corrected chi connectivity index (χ2v) is 6.85. The molecule has 0 spiro atoms. The lowest BCUT2D eigenvalue weighted by atomic mass is 10.1. The van der Waals surface area contributed by atoms with Crippen molar-refractivity contribution in [1.82, 2.24) is 20.1 Å². The Labute approximate surface area is 158 Å². The van der Waals surface area contributed by atoms with Gasteiger partial charge in [0.15, 0.2) is 5.16 Å². The Balaban J connectivity index is 1.70. The zero-order valence-electron chi connectivity index (χ0n) is 14.6. The molecular formula is C17H18N4O5S. The summed E-state index contributed by atoms with van der Waals surface area (Å²) < 4.78 is 5.07. The van der Waals surface area contributed by atoms with Crippen LogP contribution in [0.3, 0.4) is 0 Å². The van der Waals surface area contributed by atoms with Gasteiger partial charge in [0.2, 0.25) is 0 Å². The SMILES string of the molecule is CCOC(=O)[C@H](CCCSc1n[nH]c(=O)[nH]1)N1C(=O)c2ccccc2C1=O. The summed E-state index contributed by atoms with van der Waals surface area (Å²) in [4.78, 5) is 52.2. The maximum Gasteiger partial charge on any atom is 0.341 e. The lowest BCUT2D eigenvalue weighted by Gasteiger charge is -2.24. The number of nitrogens with one attached hydrogen (secondary N) is 2. The standard InChI is InChI=1S/C17H18N4O5S/c1-2-26-15(24)12(8-5-9-27-17-18-16(25)19-20-17)21-13(22)10-6-3-4-7-11(10)14(21)23/h3-4,6-7,12H,2,5,8-9H2,1H3,(H2,18,19,20,25)/t12-/m0/s1. The number of hydrogen-bond acceptors (Lipinski definition) is 7. The number of H-pyrrole nitrogens is 2. The van der Waals surface area contributed by atoms with E-state index >= 15 is 0 Å². The molecule has 27 heavy (non-hydrogen) atoms. The van der Waals surface area contributed by atoms with Crippen LogP contribution >= 0.6 is 11.8 Å². The molecule has 0 radical (unpaired) electrons. The highest BCUT2D eigenvalue weighted by Crippen LogP contribution is 2.27. The molecule has 3 rings (SSSR count). The number of nitrogens with zero attached hydrogens (tertiary/aromatic N) is 2. The molecule has 0 bridgehead atoms. The van der Waals surface area contributed by atoms with Crippen LogP contribution in [0.1, 0.15) is 40.5 Å².